The second kappa shape index (κ2) is 6.70. The van der Waals surface area contributed by atoms with Crippen LogP contribution in [0.1, 0.15) is 6.92 Å². The van der Waals surface area contributed by atoms with Crippen molar-refractivity contribution < 1.29 is 9.53 Å². The molecular formula is C11H18N4O2. The molecule has 0 saturated carbocycles. The minimum Gasteiger partial charge on any atom is -0.396 e. The van der Waals surface area contributed by atoms with E-state index in [9.17, 15) is 4.79 Å². The molecule has 1 rings (SSSR count). The number of hydrogen-bond acceptors (Lipinski definition) is 4. The minimum absolute atomic E-state index is 0.0420. The summed E-state index contributed by atoms with van der Waals surface area (Å²) >= 11 is 0. The van der Waals surface area contributed by atoms with Crippen molar-refractivity contribution in [3.8, 4) is 0 Å². The molecule has 0 fully saturated rings. The Morgan fingerprint density at radius 3 is 3.18 bits per heavy atom. The Labute approximate surface area is 100 Å². The normalized spacial score (nSPS) is 12.1. The van der Waals surface area contributed by atoms with Gasteiger partial charge in [0.15, 0.2) is 0 Å². The molecule has 0 aliphatic carbocycles. The van der Waals surface area contributed by atoms with Crippen LogP contribution in [-0.4, -0.2) is 34.9 Å². The van der Waals surface area contributed by atoms with Gasteiger partial charge in [-0.25, -0.2) is 0 Å². The summed E-state index contributed by atoms with van der Waals surface area (Å²) in [5.41, 5.74) is 6.03. The van der Waals surface area contributed by atoms with Gasteiger partial charge in [-0.3, -0.25) is 9.48 Å². The number of nitrogens with one attached hydrogen (secondary N) is 1. The number of amides is 1. The lowest BCUT2D eigenvalue weighted by molar-refractivity contribution is -0.122. The van der Waals surface area contributed by atoms with Crippen LogP contribution >= 0.6 is 0 Å². The molecule has 94 valence electrons. The van der Waals surface area contributed by atoms with Gasteiger partial charge in [-0.15, -0.1) is 6.58 Å². The topological polar surface area (TPSA) is 82.2 Å². The average molecular weight is 238 g/mol. The summed E-state index contributed by atoms with van der Waals surface area (Å²) in [6.07, 6.45) is 4.74. The van der Waals surface area contributed by atoms with Crippen molar-refractivity contribution in [1.29, 1.82) is 0 Å². The van der Waals surface area contributed by atoms with E-state index in [-0.39, 0.29) is 18.6 Å². The van der Waals surface area contributed by atoms with Gasteiger partial charge in [0, 0.05) is 12.7 Å². The lowest BCUT2D eigenvalue weighted by Gasteiger charge is -2.12. The highest BCUT2D eigenvalue weighted by molar-refractivity contribution is 5.75. The predicted molar refractivity (Wildman–Crippen MR) is 65.3 cm³/mol. The predicted octanol–water partition coefficient (Wildman–Crippen LogP) is 0.173. The van der Waals surface area contributed by atoms with Gasteiger partial charge in [-0.05, 0) is 6.92 Å². The Bertz CT molecular complexity index is 375. The van der Waals surface area contributed by atoms with E-state index < -0.39 is 0 Å². The number of hydrogen-bond donors (Lipinski definition) is 2. The first-order valence-corrected chi connectivity index (χ1v) is 5.39. The Kier molecular flexibility index (Phi) is 5.22. The molecule has 3 N–H and O–H groups in total. The molecule has 0 aliphatic rings. The van der Waals surface area contributed by atoms with Crippen molar-refractivity contribution in [2.75, 3.05) is 18.9 Å². The first-order chi connectivity index (χ1) is 8.11. The number of rotatable bonds is 7. The van der Waals surface area contributed by atoms with E-state index in [1.54, 1.807) is 12.3 Å². The van der Waals surface area contributed by atoms with Gasteiger partial charge < -0.3 is 15.8 Å². The molecule has 1 aromatic heterocycles. The maximum Gasteiger partial charge on any atom is 0.241 e. The largest absolute Gasteiger partial charge is 0.396 e. The summed E-state index contributed by atoms with van der Waals surface area (Å²) in [5.74, 6) is -0.123. The van der Waals surface area contributed by atoms with Crippen LogP contribution in [0.3, 0.4) is 0 Å². The van der Waals surface area contributed by atoms with Crippen LogP contribution < -0.4 is 11.1 Å². The van der Waals surface area contributed by atoms with Gasteiger partial charge in [0.2, 0.25) is 5.91 Å². The molecule has 0 radical (unpaired) electrons. The molecule has 6 heteroatoms. The van der Waals surface area contributed by atoms with E-state index in [1.807, 2.05) is 6.92 Å². The van der Waals surface area contributed by atoms with Crippen LogP contribution in [0.5, 0.6) is 0 Å². The van der Waals surface area contributed by atoms with Crippen LogP contribution in [0.25, 0.3) is 0 Å². The molecule has 1 aromatic rings. The maximum absolute atomic E-state index is 11.5. The highest BCUT2D eigenvalue weighted by Gasteiger charge is 2.06. The quantitative estimate of drug-likeness (QED) is 0.663. The number of ether oxygens (including phenoxy) is 1. The Hall–Kier alpha value is -1.82. The van der Waals surface area contributed by atoms with Gasteiger partial charge in [0.1, 0.15) is 6.54 Å². The number of nitrogen functional groups attached to an aromatic ring is 1. The van der Waals surface area contributed by atoms with Gasteiger partial charge >= 0.3 is 0 Å². The fourth-order valence-electron chi connectivity index (χ4n) is 1.22. The van der Waals surface area contributed by atoms with Crippen LogP contribution in [0, 0.1) is 0 Å². The number of aromatic nitrogens is 2. The van der Waals surface area contributed by atoms with E-state index in [0.717, 1.165) is 0 Å². The zero-order chi connectivity index (χ0) is 12.7. The van der Waals surface area contributed by atoms with E-state index in [0.29, 0.717) is 18.8 Å². The summed E-state index contributed by atoms with van der Waals surface area (Å²) in [7, 11) is 0. The van der Waals surface area contributed by atoms with Gasteiger partial charge in [0.05, 0.1) is 24.6 Å². The molecule has 1 heterocycles. The van der Waals surface area contributed by atoms with E-state index in [1.165, 1.54) is 10.9 Å². The molecule has 0 saturated heterocycles. The Morgan fingerprint density at radius 1 is 1.82 bits per heavy atom. The highest BCUT2D eigenvalue weighted by atomic mass is 16.5. The van der Waals surface area contributed by atoms with Crippen molar-refractivity contribution in [1.82, 2.24) is 15.1 Å². The lowest BCUT2D eigenvalue weighted by atomic mass is 10.4. The average Bonchev–Trinajstić information content (AvgIpc) is 2.69. The summed E-state index contributed by atoms with van der Waals surface area (Å²) in [4.78, 5) is 11.5. The number of nitrogens with zero attached hydrogens (tertiary/aromatic N) is 2. The second-order valence-electron chi connectivity index (χ2n) is 3.71. The van der Waals surface area contributed by atoms with E-state index in [2.05, 4.69) is 17.0 Å². The second-order valence-corrected chi connectivity index (χ2v) is 3.71. The summed E-state index contributed by atoms with van der Waals surface area (Å²) in [6.45, 7) is 6.53. The third kappa shape index (κ3) is 5.17. The van der Waals surface area contributed by atoms with Crippen LogP contribution in [0.15, 0.2) is 25.0 Å². The van der Waals surface area contributed by atoms with Crippen molar-refractivity contribution in [2.45, 2.75) is 19.6 Å². The molecule has 1 unspecified atom stereocenters. The molecular weight excluding hydrogens is 220 g/mol. The third-order valence-electron chi connectivity index (χ3n) is 2.04. The monoisotopic (exact) mass is 238 g/mol. The van der Waals surface area contributed by atoms with Crippen LogP contribution in [0.2, 0.25) is 0 Å². The van der Waals surface area contributed by atoms with Gasteiger partial charge in [-0.1, -0.05) is 6.08 Å². The van der Waals surface area contributed by atoms with Crippen molar-refractivity contribution in [3.63, 3.8) is 0 Å². The Balaban J connectivity index is 2.23. The highest BCUT2D eigenvalue weighted by Crippen LogP contribution is 1.97. The first kappa shape index (κ1) is 13.2. The van der Waals surface area contributed by atoms with E-state index >= 15 is 0 Å². The minimum atomic E-state index is -0.123. The first-order valence-electron chi connectivity index (χ1n) is 5.39. The van der Waals surface area contributed by atoms with Gasteiger partial charge in [-0.2, -0.15) is 5.10 Å². The fourth-order valence-corrected chi connectivity index (χ4v) is 1.22. The number of nitrogens with two attached hydrogens (primary N) is 1. The number of carbonyl (C=O) groups excluding carboxylic acids is 1. The third-order valence-corrected chi connectivity index (χ3v) is 2.04. The fraction of sp³-hybridized carbons (Fsp3) is 0.455. The molecule has 17 heavy (non-hydrogen) atoms. The molecule has 6 nitrogen and oxygen atoms in total. The van der Waals surface area contributed by atoms with Crippen LogP contribution in [-0.2, 0) is 16.1 Å². The maximum atomic E-state index is 11.5. The van der Waals surface area contributed by atoms with Crippen molar-refractivity contribution in [2.24, 2.45) is 0 Å². The molecule has 1 amide bonds. The summed E-state index contributed by atoms with van der Waals surface area (Å²) in [6, 6.07) is 0. The van der Waals surface area contributed by atoms with Crippen molar-refractivity contribution in [3.05, 3.63) is 25.0 Å². The summed E-state index contributed by atoms with van der Waals surface area (Å²) < 4.78 is 6.81. The standard InChI is InChI=1S/C11H18N4O2/c1-3-4-17-9(2)5-13-11(16)8-15-7-10(12)6-14-15/h3,6-7,9H,1,4-5,8,12H2,2H3,(H,13,16). The number of carbonyl (C=O) groups is 1. The zero-order valence-electron chi connectivity index (χ0n) is 9.93. The molecule has 0 bridgehead atoms. The summed E-state index contributed by atoms with van der Waals surface area (Å²) in [5, 5.41) is 6.67. The lowest BCUT2D eigenvalue weighted by Crippen LogP contribution is -2.34. The number of anilines is 1. The molecule has 1 atom stereocenters. The van der Waals surface area contributed by atoms with Crippen LogP contribution in [0.4, 0.5) is 5.69 Å². The molecule has 0 spiro atoms. The molecule has 0 aromatic carbocycles. The zero-order valence-corrected chi connectivity index (χ0v) is 9.93. The smallest absolute Gasteiger partial charge is 0.241 e. The van der Waals surface area contributed by atoms with E-state index in [4.69, 9.17) is 10.5 Å². The Morgan fingerprint density at radius 2 is 2.59 bits per heavy atom. The SMILES string of the molecule is C=CCOC(C)CNC(=O)Cn1cc(N)cn1. The van der Waals surface area contributed by atoms with Crippen molar-refractivity contribution >= 4 is 11.6 Å². The van der Waals surface area contributed by atoms with Gasteiger partial charge in [0.25, 0.3) is 0 Å². The molecule has 0 aliphatic heterocycles.